The Morgan fingerprint density at radius 3 is 2.50 bits per heavy atom. The van der Waals surface area contributed by atoms with Crippen LogP contribution in [-0.4, -0.2) is 30.9 Å². The van der Waals surface area contributed by atoms with Crippen LogP contribution in [0.5, 0.6) is 0 Å². The Morgan fingerprint density at radius 1 is 1.14 bits per heavy atom. The van der Waals surface area contributed by atoms with Crippen LogP contribution >= 0.6 is 23.7 Å². The molecule has 2 atom stereocenters. The first-order valence-corrected chi connectivity index (χ1v) is 10.3. The molecule has 0 radical (unpaired) electrons. The first-order chi connectivity index (χ1) is 13.0. The average Bonchev–Trinajstić information content (AvgIpc) is 3.12. The molecule has 28 heavy (non-hydrogen) atoms. The number of thiophene rings is 1. The van der Waals surface area contributed by atoms with E-state index < -0.39 is 0 Å². The maximum atomic E-state index is 12.7. The van der Waals surface area contributed by atoms with Gasteiger partial charge in [-0.1, -0.05) is 32.9 Å². The molecule has 7 heteroatoms. The van der Waals surface area contributed by atoms with E-state index in [1.165, 1.54) is 16.9 Å². The van der Waals surface area contributed by atoms with Gasteiger partial charge in [0, 0.05) is 11.6 Å². The maximum Gasteiger partial charge on any atom is 0.256 e. The molecule has 1 aromatic heterocycles. The summed E-state index contributed by atoms with van der Waals surface area (Å²) in [6.45, 7) is 8.19. The monoisotopic (exact) mass is 421 g/mol. The van der Waals surface area contributed by atoms with E-state index in [9.17, 15) is 9.59 Å². The van der Waals surface area contributed by atoms with E-state index in [1.807, 2.05) is 29.6 Å². The Hall–Kier alpha value is -1.89. The van der Waals surface area contributed by atoms with Gasteiger partial charge in [-0.15, -0.1) is 23.7 Å². The summed E-state index contributed by atoms with van der Waals surface area (Å²) in [6, 6.07) is 9.53. The van der Waals surface area contributed by atoms with E-state index in [-0.39, 0.29) is 30.3 Å². The zero-order valence-corrected chi connectivity index (χ0v) is 18.1. The number of anilines is 1. The molecule has 0 aliphatic carbocycles. The van der Waals surface area contributed by atoms with Crippen molar-refractivity contribution in [1.82, 2.24) is 10.6 Å². The second-order valence-corrected chi connectivity index (χ2v) is 8.36. The van der Waals surface area contributed by atoms with E-state index in [2.05, 4.69) is 36.7 Å². The molecule has 2 amide bonds. The lowest BCUT2D eigenvalue weighted by Crippen LogP contribution is -2.48. The van der Waals surface area contributed by atoms with Gasteiger partial charge in [-0.3, -0.25) is 9.59 Å². The van der Waals surface area contributed by atoms with Gasteiger partial charge >= 0.3 is 0 Å². The molecular formula is C21H28ClN3O2S. The molecule has 1 aromatic carbocycles. The minimum absolute atomic E-state index is 0. The highest BCUT2D eigenvalue weighted by atomic mass is 35.5. The van der Waals surface area contributed by atoms with Crippen LogP contribution in [0.25, 0.3) is 0 Å². The van der Waals surface area contributed by atoms with Crippen molar-refractivity contribution in [2.45, 2.75) is 39.2 Å². The Bertz CT molecular complexity index is 804. The van der Waals surface area contributed by atoms with E-state index in [1.54, 1.807) is 6.07 Å². The zero-order chi connectivity index (χ0) is 19.4. The zero-order valence-electron chi connectivity index (χ0n) is 16.5. The number of carbonyl (C=O) groups excluding carboxylic acids is 2. The predicted molar refractivity (Wildman–Crippen MR) is 118 cm³/mol. The van der Waals surface area contributed by atoms with Crippen molar-refractivity contribution in [2.75, 3.05) is 18.4 Å². The van der Waals surface area contributed by atoms with Crippen molar-refractivity contribution in [1.29, 1.82) is 0 Å². The van der Waals surface area contributed by atoms with Crippen LogP contribution in [0.2, 0.25) is 0 Å². The summed E-state index contributed by atoms with van der Waals surface area (Å²) in [5.74, 6) is 0.489. The molecule has 1 saturated heterocycles. The van der Waals surface area contributed by atoms with E-state index >= 15 is 0 Å². The van der Waals surface area contributed by atoms with Gasteiger partial charge in [-0.25, -0.2) is 0 Å². The molecule has 1 aliphatic heterocycles. The normalized spacial score (nSPS) is 19.0. The summed E-state index contributed by atoms with van der Waals surface area (Å²) in [7, 11) is 0. The highest BCUT2D eigenvalue weighted by molar-refractivity contribution is 7.14. The number of carbonyl (C=O) groups is 2. The van der Waals surface area contributed by atoms with Gasteiger partial charge < -0.3 is 16.0 Å². The third-order valence-electron chi connectivity index (χ3n) is 5.08. The van der Waals surface area contributed by atoms with Crippen LogP contribution in [0.4, 0.5) is 5.00 Å². The summed E-state index contributed by atoms with van der Waals surface area (Å²) in [4.78, 5) is 25.3. The van der Waals surface area contributed by atoms with Crippen molar-refractivity contribution in [2.24, 2.45) is 5.92 Å². The van der Waals surface area contributed by atoms with Crippen molar-refractivity contribution >= 4 is 40.6 Å². The molecule has 1 aliphatic rings. The molecular weight excluding hydrogens is 394 g/mol. The van der Waals surface area contributed by atoms with Crippen LogP contribution in [0.1, 0.15) is 59.4 Å². The van der Waals surface area contributed by atoms with E-state index in [0.717, 1.165) is 19.5 Å². The van der Waals surface area contributed by atoms with Gasteiger partial charge in [0.05, 0.1) is 5.56 Å². The standard InChI is InChI=1S/C21H27N3O2S.ClH/c1-13(2)15-4-6-16(7-5-15)19(25)24-21-17(9-11-27-21)20(26)23-18-8-10-22-12-14(18)3;/h4-7,9,11,13-14,18,22H,8,10,12H2,1-3H3,(H,23,26)(H,24,25);1H. The van der Waals surface area contributed by atoms with E-state index in [0.29, 0.717) is 28.0 Å². The third-order valence-corrected chi connectivity index (χ3v) is 5.91. The number of amides is 2. The fraction of sp³-hybridized carbons (Fsp3) is 0.429. The SMILES string of the molecule is CC(C)c1ccc(C(=O)Nc2sccc2C(=O)NC2CCNCC2C)cc1.Cl. The number of hydrogen-bond donors (Lipinski definition) is 3. The van der Waals surface area contributed by atoms with Gasteiger partial charge in [0.15, 0.2) is 0 Å². The second-order valence-electron chi connectivity index (χ2n) is 7.44. The van der Waals surface area contributed by atoms with Gasteiger partial charge in [0.25, 0.3) is 11.8 Å². The molecule has 152 valence electrons. The van der Waals surface area contributed by atoms with Crippen molar-refractivity contribution in [3.8, 4) is 0 Å². The smallest absolute Gasteiger partial charge is 0.256 e. The minimum Gasteiger partial charge on any atom is -0.349 e. The summed E-state index contributed by atoms with van der Waals surface area (Å²) in [5, 5.41) is 11.8. The fourth-order valence-corrected chi connectivity index (χ4v) is 4.03. The van der Waals surface area contributed by atoms with Crippen LogP contribution in [-0.2, 0) is 0 Å². The van der Waals surface area contributed by atoms with Gasteiger partial charge in [0.1, 0.15) is 5.00 Å². The number of benzene rings is 1. The topological polar surface area (TPSA) is 70.2 Å². The Labute approximate surface area is 176 Å². The molecule has 1 fully saturated rings. The van der Waals surface area contributed by atoms with Crippen molar-refractivity contribution < 1.29 is 9.59 Å². The lowest BCUT2D eigenvalue weighted by Gasteiger charge is -2.30. The molecule has 0 bridgehead atoms. The molecule has 5 nitrogen and oxygen atoms in total. The number of rotatable bonds is 5. The van der Waals surface area contributed by atoms with Crippen molar-refractivity contribution in [3.05, 3.63) is 52.4 Å². The quantitative estimate of drug-likeness (QED) is 0.675. The number of piperidine rings is 1. The highest BCUT2D eigenvalue weighted by Gasteiger charge is 2.24. The molecule has 0 saturated carbocycles. The third kappa shape index (κ3) is 5.34. The first kappa shape index (κ1) is 22.4. The number of hydrogen-bond acceptors (Lipinski definition) is 4. The summed E-state index contributed by atoms with van der Waals surface area (Å²) >= 11 is 1.37. The van der Waals surface area contributed by atoms with Crippen LogP contribution in [0.3, 0.4) is 0 Å². The fourth-order valence-electron chi connectivity index (χ4n) is 3.25. The second kappa shape index (κ2) is 10.0. The Morgan fingerprint density at radius 2 is 1.86 bits per heavy atom. The summed E-state index contributed by atoms with van der Waals surface area (Å²) in [6.07, 6.45) is 0.918. The first-order valence-electron chi connectivity index (χ1n) is 9.46. The molecule has 0 spiro atoms. The molecule has 3 N–H and O–H groups in total. The van der Waals surface area contributed by atoms with Crippen molar-refractivity contribution in [3.63, 3.8) is 0 Å². The predicted octanol–water partition coefficient (Wildman–Crippen LogP) is 4.27. The van der Waals surface area contributed by atoms with Gasteiger partial charge in [0.2, 0.25) is 0 Å². The van der Waals surface area contributed by atoms with Gasteiger partial charge in [-0.05, 0) is 60.5 Å². The molecule has 3 rings (SSSR count). The van der Waals surface area contributed by atoms with Crippen LogP contribution in [0, 0.1) is 5.92 Å². The lowest BCUT2D eigenvalue weighted by atomic mass is 9.95. The average molecular weight is 422 g/mol. The van der Waals surface area contributed by atoms with Crippen LogP contribution < -0.4 is 16.0 Å². The molecule has 2 unspecified atom stereocenters. The van der Waals surface area contributed by atoms with Crippen LogP contribution in [0.15, 0.2) is 35.7 Å². The number of nitrogens with one attached hydrogen (secondary N) is 3. The Kier molecular flexibility index (Phi) is 8.04. The summed E-state index contributed by atoms with van der Waals surface area (Å²) < 4.78 is 0. The Balaban J connectivity index is 0.00000280. The minimum atomic E-state index is -0.197. The van der Waals surface area contributed by atoms with Gasteiger partial charge in [-0.2, -0.15) is 0 Å². The molecule has 2 aromatic rings. The lowest BCUT2D eigenvalue weighted by molar-refractivity contribution is 0.0915. The number of halogens is 1. The molecule has 2 heterocycles. The highest BCUT2D eigenvalue weighted by Crippen LogP contribution is 2.25. The van der Waals surface area contributed by atoms with E-state index in [4.69, 9.17) is 0 Å². The summed E-state index contributed by atoms with van der Waals surface area (Å²) in [5.41, 5.74) is 2.31. The maximum absolute atomic E-state index is 12.7. The largest absolute Gasteiger partial charge is 0.349 e.